The quantitative estimate of drug-likeness (QED) is 0.214. The molecule has 3 amide bonds. The summed E-state index contributed by atoms with van der Waals surface area (Å²) < 4.78 is 0. The second-order valence-corrected chi connectivity index (χ2v) is 8.72. The lowest BCUT2D eigenvalue weighted by Crippen LogP contribution is -2.57. The summed E-state index contributed by atoms with van der Waals surface area (Å²) >= 11 is 4.09. The van der Waals surface area contributed by atoms with Crippen LogP contribution in [0.3, 0.4) is 0 Å². The maximum Gasteiger partial charge on any atom is 0.326 e. The Labute approximate surface area is 203 Å². The first kappa shape index (κ1) is 27.2. The summed E-state index contributed by atoms with van der Waals surface area (Å²) in [6.45, 7) is 5.00. The summed E-state index contributed by atoms with van der Waals surface area (Å²) in [5.74, 6) is -3.29. The molecule has 0 bridgehead atoms. The Morgan fingerprint density at radius 3 is 2.35 bits per heavy atom. The molecule has 7 N–H and O–H groups in total. The van der Waals surface area contributed by atoms with Crippen molar-refractivity contribution in [2.75, 3.05) is 5.75 Å². The first-order valence-electron chi connectivity index (χ1n) is 11.1. The Morgan fingerprint density at radius 2 is 1.74 bits per heavy atom. The molecule has 1 aromatic carbocycles. The number of aromatic nitrogens is 1. The molecule has 0 fully saturated rings. The Bertz CT molecular complexity index is 1030. The molecule has 10 nitrogen and oxygen atoms in total. The number of thiol groups is 1. The van der Waals surface area contributed by atoms with Crippen molar-refractivity contribution in [1.82, 2.24) is 20.9 Å². The van der Waals surface area contributed by atoms with E-state index in [2.05, 4.69) is 33.6 Å². The van der Waals surface area contributed by atoms with Gasteiger partial charge in [-0.3, -0.25) is 14.4 Å². The zero-order chi connectivity index (χ0) is 25.4. The topological polar surface area (TPSA) is 166 Å². The van der Waals surface area contributed by atoms with E-state index in [4.69, 9.17) is 5.73 Å². The lowest BCUT2D eigenvalue weighted by Gasteiger charge is -2.24. The third-order valence-electron chi connectivity index (χ3n) is 5.80. The molecule has 0 radical (unpaired) electrons. The molecule has 186 valence electrons. The second kappa shape index (κ2) is 12.4. The van der Waals surface area contributed by atoms with E-state index in [1.165, 1.54) is 6.92 Å². The molecular weight excluding hydrogens is 458 g/mol. The summed E-state index contributed by atoms with van der Waals surface area (Å²) in [7, 11) is 0. The van der Waals surface area contributed by atoms with Crippen LogP contribution in [0.4, 0.5) is 0 Å². The molecule has 1 heterocycles. The summed E-state index contributed by atoms with van der Waals surface area (Å²) in [5, 5.41) is 17.8. The first-order valence-corrected chi connectivity index (χ1v) is 11.8. The van der Waals surface area contributed by atoms with Gasteiger partial charge in [-0.1, -0.05) is 38.5 Å². The number of para-hydroxylation sites is 1. The summed E-state index contributed by atoms with van der Waals surface area (Å²) in [6, 6.07) is 3.64. The van der Waals surface area contributed by atoms with Gasteiger partial charge in [-0.05, 0) is 30.9 Å². The number of carbonyl (C=O) groups excluding carboxylic acids is 3. The fraction of sp³-hybridized carbons (Fsp3) is 0.478. The van der Waals surface area contributed by atoms with Crippen molar-refractivity contribution < 1.29 is 24.3 Å². The van der Waals surface area contributed by atoms with E-state index in [1.54, 1.807) is 13.1 Å². The maximum atomic E-state index is 12.6. The van der Waals surface area contributed by atoms with Gasteiger partial charge in [0, 0.05) is 22.9 Å². The number of benzene rings is 1. The van der Waals surface area contributed by atoms with E-state index in [0.717, 1.165) is 16.5 Å². The van der Waals surface area contributed by atoms with Gasteiger partial charge in [0.05, 0.1) is 6.04 Å². The highest BCUT2D eigenvalue weighted by Gasteiger charge is 2.30. The van der Waals surface area contributed by atoms with Crippen LogP contribution < -0.4 is 21.7 Å². The van der Waals surface area contributed by atoms with Crippen LogP contribution in [0.5, 0.6) is 0 Å². The number of H-pyrrole nitrogens is 1. The number of fused-ring (bicyclic) bond motifs is 1. The van der Waals surface area contributed by atoms with Gasteiger partial charge in [-0.15, -0.1) is 0 Å². The van der Waals surface area contributed by atoms with Crippen LogP contribution >= 0.6 is 12.6 Å². The Balaban J connectivity index is 1.93. The van der Waals surface area contributed by atoms with Crippen molar-refractivity contribution >= 4 is 47.2 Å². The van der Waals surface area contributed by atoms with Crippen LogP contribution in [0.1, 0.15) is 32.8 Å². The van der Waals surface area contributed by atoms with Gasteiger partial charge in [0.2, 0.25) is 17.7 Å². The van der Waals surface area contributed by atoms with Crippen LogP contribution in [0.15, 0.2) is 30.5 Å². The lowest BCUT2D eigenvalue weighted by molar-refractivity contribution is -0.143. The molecule has 0 saturated heterocycles. The van der Waals surface area contributed by atoms with Crippen molar-refractivity contribution in [3.63, 3.8) is 0 Å². The SMILES string of the molecule is CCC(C)C(NC(=O)C(CS)NC(=O)C(C)NC(=O)C(N)Cc1c[nH]c2ccccc12)C(=O)O. The average Bonchev–Trinajstić information content (AvgIpc) is 3.22. The number of carboxylic acids is 1. The minimum atomic E-state index is -1.16. The minimum absolute atomic E-state index is 0.0504. The summed E-state index contributed by atoms with van der Waals surface area (Å²) in [4.78, 5) is 52.3. The number of carboxylic acid groups (broad SMARTS) is 1. The molecule has 0 aliphatic heterocycles. The Hall–Kier alpha value is -3.05. The van der Waals surface area contributed by atoms with Crippen LogP contribution in [0.2, 0.25) is 0 Å². The third kappa shape index (κ3) is 6.97. The van der Waals surface area contributed by atoms with Gasteiger partial charge in [-0.25, -0.2) is 4.79 Å². The summed E-state index contributed by atoms with van der Waals surface area (Å²) in [6.07, 6.45) is 2.63. The Kier molecular flexibility index (Phi) is 9.94. The molecule has 2 aromatic rings. The zero-order valence-corrected chi connectivity index (χ0v) is 20.4. The van der Waals surface area contributed by atoms with E-state index in [0.29, 0.717) is 6.42 Å². The maximum absolute atomic E-state index is 12.6. The van der Waals surface area contributed by atoms with Crippen molar-refractivity contribution in [2.24, 2.45) is 11.7 Å². The summed E-state index contributed by atoms with van der Waals surface area (Å²) in [5.41, 5.74) is 7.88. The van der Waals surface area contributed by atoms with Crippen LogP contribution in [-0.4, -0.2) is 63.7 Å². The molecule has 0 spiro atoms. The van der Waals surface area contributed by atoms with Crippen LogP contribution in [-0.2, 0) is 25.6 Å². The van der Waals surface area contributed by atoms with Crippen LogP contribution in [0, 0.1) is 5.92 Å². The van der Waals surface area contributed by atoms with Gasteiger partial charge in [0.25, 0.3) is 0 Å². The lowest BCUT2D eigenvalue weighted by atomic mass is 9.99. The number of carbonyl (C=O) groups is 4. The number of aliphatic carboxylic acids is 1. The van der Waals surface area contributed by atoms with Gasteiger partial charge in [0.1, 0.15) is 18.1 Å². The van der Waals surface area contributed by atoms with E-state index in [1.807, 2.05) is 31.2 Å². The first-order chi connectivity index (χ1) is 16.1. The van der Waals surface area contributed by atoms with Crippen LogP contribution in [0.25, 0.3) is 10.9 Å². The number of hydrogen-bond acceptors (Lipinski definition) is 6. The second-order valence-electron chi connectivity index (χ2n) is 8.35. The zero-order valence-electron chi connectivity index (χ0n) is 19.5. The van der Waals surface area contributed by atoms with Gasteiger partial charge in [-0.2, -0.15) is 12.6 Å². The molecule has 34 heavy (non-hydrogen) atoms. The molecule has 2 rings (SSSR count). The number of rotatable bonds is 12. The van der Waals surface area contributed by atoms with E-state index < -0.39 is 47.9 Å². The molecule has 0 saturated carbocycles. The molecule has 5 unspecified atom stereocenters. The highest BCUT2D eigenvalue weighted by Crippen LogP contribution is 2.18. The average molecular weight is 492 g/mol. The van der Waals surface area contributed by atoms with Crippen molar-refractivity contribution in [3.8, 4) is 0 Å². The highest BCUT2D eigenvalue weighted by atomic mass is 32.1. The van der Waals surface area contributed by atoms with Crippen molar-refractivity contribution in [1.29, 1.82) is 0 Å². The Morgan fingerprint density at radius 1 is 1.06 bits per heavy atom. The monoisotopic (exact) mass is 491 g/mol. The molecule has 11 heteroatoms. The standard InChI is InChI=1S/C23H33N5O5S/c1-4-12(2)19(23(32)33)28-22(31)18(11-34)27-20(29)13(3)26-21(30)16(24)9-14-10-25-17-8-6-5-7-15(14)17/h5-8,10,12-13,16,18-19,25,34H,4,9,11,24H2,1-3H3,(H,26,30)(H,27,29)(H,28,31)(H,32,33). The van der Waals surface area contributed by atoms with Crippen molar-refractivity contribution in [2.45, 2.75) is 57.8 Å². The molecule has 0 aliphatic carbocycles. The predicted octanol–water partition coefficient (Wildman–Crippen LogP) is 0.573. The number of nitrogens with two attached hydrogens (primary N) is 1. The highest BCUT2D eigenvalue weighted by molar-refractivity contribution is 7.80. The molecule has 5 atom stereocenters. The predicted molar refractivity (Wildman–Crippen MR) is 132 cm³/mol. The molecule has 0 aliphatic rings. The minimum Gasteiger partial charge on any atom is -0.480 e. The van der Waals surface area contributed by atoms with E-state index >= 15 is 0 Å². The van der Waals surface area contributed by atoms with Gasteiger partial charge in [0.15, 0.2) is 0 Å². The number of hydrogen-bond donors (Lipinski definition) is 7. The number of amides is 3. The smallest absolute Gasteiger partial charge is 0.326 e. The largest absolute Gasteiger partial charge is 0.480 e. The third-order valence-corrected chi connectivity index (χ3v) is 6.16. The van der Waals surface area contributed by atoms with Gasteiger partial charge < -0.3 is 31.8 Å². The van der Waals surface area contributed by atoms with Gasteiger partial charge >= 0.3 is 5.97 Å². The fourth-order valence-corrected chi connectivity index (χ4v) is 3.70. The van der Waals surface area contributed by atoms with Crippen molar-refractivity contribution in [3.05, 3.63) is 36.0 Å². The molecule has 1 aromatic heterocycles. The molecular formula is C23H33N5O5S. The number of nitrogens with one attached hydrogen (secondary N) is 4. The van der Waals surface area contributed by atoms with E-state index in [9.17, 15) is 24.3 Å². The van der Waals surface area contributed by atoms with E-state index in [-0.39, 0.29) is 18.1 Å². The number of aromatic amines is 1. The fourth-order valence-electron chi connectivity index (χ4n) is 3.44. The normalized spacial score (nSPS) is 15.6.